The predicted molar refractivity (Wildman–Crippen MR) is 53.2 cm³/mol. The zero-order valence-corrected chi connectivity index (χ0v) is 8.58. The van der Waals surface area contributed by atoms with E-state index in [-0.39, 0.29) is 11.3 Å². The third kappa shape index (κ3) is 1.35. The van der Waals surface area contributed by atoms with E-state index in [0.717, 1.165) is 19.4 Å². The Kier molecular flexibility index (Phi) is 2.15. The summed E-state index contributed by atoms with van der Waals surface area (Å²) in [6.07, 6.45) is 3.64. The number of Topliss-reactive ketones (excluding diaryl/α,β-unsaturated/α-hetero) is 1. The highest BCUT2D eigenvalue weighted by Crippen LogP contribution is 2.22. The molecule has 0 spiro atoms. The number of nitrogens with one attached hydrogen (secondary N) is 1. The van der Waals surface area contributed by atoms with Gasteiger partial charge in [-0.15, -0.1) is 0 Å². The Hall–Kier alpha value is -1.16. The van der Waals surface area contributed by atoms with Crippen LogP contribution in [-0.4, -0.2) is 27.6 Å². The van der Waals surface area contributed by atoms with E-state index in [9.17, 15) is 4.79 Å². The van der Waals surface area contributed by atoms with E-state index in [0.29, 0.717) is 5.69 Å². The SMILES string of the molecule is Cn1nccc1C(=O)C1(C)CCCN1. The molecule has 4 nitrogen and oxygen atoms in total. The molecule has 4 heteroatoms. The van der Waals surface area contributed by atoms with Crippen molar-refractivity contribution in [2.45, 2.75) is 25.3 Å². The maximum atomic E-state index is 12.1. The van der Waals surface area contributed by atoms with Crippen molar-refractivity contribution in [3.63, 3.8) is 0 Å². The van der Waals surface area contributed by atoms with Gasteiger partial charge in [-0.3, -0.25) is 9.48 Å². The standard InChI is InChI=1S/C10H15N3O/c1-10(5-3-6-11-10)9(14)8-4-7-12-13(8)2/h4,7,11H,3,5-6H2,1-2H3. The van der Waals surface area contributed by atoms with Gasteiger partial charge in [0.25, 0.3) is 0 Å². The van der Waals surface area contributed by atoms with Crippen LogP contribution in [0.4, 0.5) is 0 Å². The molecule has 1 N–H and O–H groups in total. The quantitative estimate of drug-likeness (QED) is 0.705. The van der Waals surface area contributed by atoms with Gasteiger partial charge in [0.2, 0.25) is 5.78 Å². The van der Waals surface area contributed by atoms with Crippen molar-refractivity contribution in [1.29, 1.82) is 0 Å². The van der Waals surface area contributed by atoms with Gasteiger partial charge in [-0.25, -0.2) is 0 Å². The van der Waals surface area contributed by atoms with Gasteiger partial charge in [0.1, 0.15) is 5.69 Å². The molecule has 1 unspecified atom stereocenters. The summed E-state index contributed by atoms with van der Waals surface area (Å²) in [4.78, 5) is 12.1. The molecule has 0 amide bonds. The average molecular weight is 193 g/mol. The van der Waals surface area contributed by atoms with Crippen molar-refractivity contribution in [3.8, 4) is 0 Å². The fourth-order valence-corrected chi connectivity index (χ4v) is 1.97. The number of aromatic nitrogens is 2. The summed E-state index contributed by atoms with van der Waals surface area (Å²) in [5.41, 5.74) is 0.301. The Labute approximate surface area is 83.3 Å². The number of hydrogen-bond donors (Lipinski definition) is 1. The third-order valence-electron chi connectivity index (χ3n) is 2.92. The van der Waals surface area contributed by atoms with Crippen LogP contribution in [0, 0.1) is 0 Å². The highest BCUT2D eigenvalue weighted by atomic mass is 16.1. The number of ketones is 1. The second-order valence-electron chi connectivity index (χ2n) is 4.03. The van der Waals surface area contributed by atoms with Gasteiger partial charge >= 0.3 is 0 Å². The van der Waals surface area contributed by atoms with Crippen LogP contribution in [0.5, 0.6) is 0 Å². The highest BCUT2D eigenvalue weighted by molar-refractivity contribution is 6.01. The molecule has 1 saturated heterocycles. The summed E-state index contributed by atoms with van der Waals surface area (Å²) in [7, 11) is 1.80. The van der Waals surface area contributed by atoms with Crippen molar-refractivity contribution in [2.75, 3.05) is 6.54 Å². The first kappa shape index (κ1) is 9.40. The van der Waals surface area contributed by atoms with Crippen molar-refractivity contribution in [3.05, 3.63) is 18.0 Å². The Morgan fingerprint density at radius 1 is 1.71 bits per heavy atom. The molecule has 14 heavy (non-hydrogen) atoms. The molecule has 1 aromatic heterocycles. The molecule has 76 valence electrons. The molecule has 2 heterocycles. The summed E-state index contributed by atoms with van der Waals surface area (Å²) < 4.78 is 1.63. The summed E-state index contributed by atoms with van der Waals surface area (Å²) in [5.74, 6) is 0.148. The second kappa shape index (κ2) is 3.20. The lowest BCUT2D eigenvalue weighted by Gasteiger charge is -2.22. The molecule has 1 atom stereocenters. The van der Waals surface area contributed by atoms with Crippen LogP contribution in [0.15, 0.2) is 12.3 Å². The Bertz CT molecular complexity index is 350. The van der Waals surface area contributed by atoms with Gasteiger partial charge in [-0.1, -0.05) is 0 Å². The van der Waals surface area contributed by atoms with Crippen molar-refractivity contribution < 1.29 is 4.79 Å². The average Bonchev–Trinajstić information content (AvgIpc) is 2.74. The molecule has 1 fully saturated rings. The lowest BCUT2D eigenvalue weighted by Crippen LogP contribution is -2.45. The van der Waals surface area contributed by atoms with Gasteiger partial charge in [-0.05, 0) is 32.4 Å². The molecule has 0 aliphatic carbocycles. The zero-order valence-electron chi connectivity index (χ0n) is 8.58. The van der Waals surface area contributed by atoms with Crippen LogP contribution in [0.2, 0.25) is 0 Å². The minimum absolute atomic E-state index is 0.148. The van der Waals surface area contributed by atoms with Crippen LogP contribution in [0.25, 0.3) is 0 Å². The summed E-state index contributed by atoms with van der Waals surface area (Å²) in [6, 6.07) is 1.77. The molecule has 0 aromatic carbocycles. The first-order chi connectivity index (χ1) is 6.63. The molecule has 0 bridgehead atoms. The number of rotatable bonds is 2. The predicted octanol–water partition coefficient (Wildman–Crippen LogP) is 0.745. The highest BCUT2D eigenvalue weighted by Gasteiger charge is 2.37. The van der Waals surface area contributed by atoms with E-state index in [1.165, 1.54) is 0 Å². The van der Waals surface area contributed by atoms with Gasteiger partial charge in [0.15, 0.2) is 0 Å². The van der Waals surface area contributed by atoms with Crippen molar-refractivity contribution in [1.82, 2.24) is 15.1 Å². The van der Waals surface area contributed by atoms with Gasteiger partial charge in [-0.2, -0.15) is 5.10 Å². The zero-order chi connectivity index (χ0) is 10.2. The van der Waals surface area contributed by atoms with Crippen LogP contribution in [0.1, 0.15) is 30.3 Å². The van der Waals surface area contributed by atoms with Crippen molar-refractivity contribution in [2.24, 2.45) is 7.05 Å². The summed E-state index contributed by atoms with van der Waals surface area (Å²) in [5, 5.41) is 7.27. The van der Waals surface area contributed by atoms with Crippen LogP contribution >= 0.6 is 0 Å². The lowest BCUT2D eigenvalue weighted by molar-refractivity contribution is 0.0874. The normalized spacial score (nSPS) is 26.7. The lowest BCUT2D eigenvalue weighted by atomic mass is 9.92. The van der Waals surface area contributed by atoms with E-state index in [4.69, 9.17) is 0 Å². The van der Waals surface area contributed by atoms with E-state index < -0.39 is 0 Å². The maximum Gasteiger partial charge on any atom is 0.200 e. The maximum absolute atomic E-state index is 12.1. The fourth-order valence-electron chi connectivity index (χ4n) is 1.97. The third-order valence-corrected chi connectivity index (χ3v) is 2.92. The molecule has 2 rings (SSSR count). The number of carbonyl (C=O) groups is 1. The molecule has 0 radical (unpaired) electrons. The Morgan fingerprint density at radius 3 is 3.00 bits per heavy atom. The number of carbonyl (C=O) groups excluding carboxylic acids is 1. The molecule has 1 aromatic rings. The van der Waals surface area contributed by atoms with Crippen LogP contribution < -0.4 is 5.32 Å². The van der Waals surface area contributed by atoms with Gasteiger partial charge in [0.05, 0.1) is 5.54 Å². The number of hydrogen-bond acceptors (Lipinski definition) is 3. The minimum Gasteiger partial charge on any atom is -0.305 e. The topological polar surface area (TPSA) is 46.9 Å². The smallest absolute Gasteiger partial charge is 0.200 e. The summed E-state index contributed by atoms with van der Waals surface area (Å²) >= 11 is 0. The first-order valence-corrected chi connectivity index (χ1v) is 4.91. The van der Waals surface area contributed by atoms with E-state index in [2.05, 4.69) is 10.4 Å². The second-order valence-corrected chi connectivity index (χ2v) is 4.03. The molecular formula is C10H15N3O. The van der Waals surface area contributed by atoms with E-state index in [1.54, 1.807) is 24.0 Å². The monoisotopic (exact) mass is 193 g/mol. The minimum atomic E-state index is -0.381. The fraction of sp³-hybridized carbons (Fsp3) is 0.600. The number of nitrogens with zero attached hydrogens (tertiary/aromatic N) is 2. The molecule has 1 aliphatic rings. The summed E-state index contributed by atoms with van der Waals surface area (Å²) in [6.45, 7) is 2.90. The van der Waals surface area contributed by atoms with Crippen molar-refractivity contribution >= 4 is 5.78 Å². The van der Waals surface area contributed by atoms with Crippen LogP contribution in [-0.2, 0) is 7.05 Å². The Morgan fingerprint density at radius 2 is 2.50 bits per heavy atom. The van der Waals surface area contributed by atoms with E-state index in [1.807, 2.05) is 6.92 Å². The number of aryl methyl sites for hydroxylation is 1. The molecular weight excluding hydrogens is 178 g/mol. The Balaban J connectivity index is 2.28. The van der Waals surface area contributed by atoms with Gasteiger partial charge in [0, 0.05) is 13.2 Å². The largest absolute Gasteiger partial charge is 0.305 e. The molecule has 1 aliphatic heterocycles. The van der Waals surface area contributed by atoms with Crippen LogP contribution in [0.3, 0.4) is 0 Å². The van der Waals surface area contributed by atoms with E-state index >= 15 is 0 Å². The molecule has 0 saturated carbocycles. The van der Waals surface area contributed by atoms with Gasteiger partial charge < -0.3 is 5.32 Å². The first-order valence-electron chi connectivity index (χ1n) is 4.91.